The van der Waals surface area contributed by atoms with E-state index < -0.39 is 0 Å². The van der Waals surface area contributed by atoms with E-state index >= 15 is 0 Å². The Morgan fingerprint density at radius 2 is 2.05 bits per heavy atom. The molecule has 2 aromatic heterocycles. The first kappa shape index (κ1) is 12.9. The second kappa shape index (κ2) is 5.38. The summed E-state index contributed by atoms with van der Waals surface area (Å²) in [5.74, 6) is 1.38. The lowest BCUT2D eigenvalue weighted by atomic mass is 10.3. The van der Waals surface area contributed by atoms with Crippen molar-refractivity contribution in [1.82, 2.24) is 19.9 Å². The Morgan fingerprint density at radius 1 is 1.26 bits per heavy atom. The van der Waals surface area contributed by atoms with Crippen molar-refractivity contribution in [3.05, 3.63) is 35.2 Å². The predicted octanol–water partition coefficient (Wildman–Crippen LogP) is 1.08. The van der Waals surface area contributed by atoms with Crippen LogP contribution in [0, 0.1) is 19.3 Å². The van der Waals surface area contributed by atoms with Crippen molar-refractivity contribution in [2.45, 2.75) is 20.4 Å². The van der Waals surface area contributed by atoms with Crippen molar-refractivity contribution in [3.8, 4) is 0 Å². The number of nitrogen functional groups attached to an aromatic ring is 1. The first-order valence-corrected chi connectivity index (χ1v) is 5.76. The molecule has 0 spiro atoms. The first-order valence-electron chi connectivity index (χ1n) is 5.76. The highest BCUT2D eigenvalue weighted by atomic mass is 15.1. The fourth-order valence-corrected chi connectivity index (χ4v) is 1.56. The van der Waals surface area contributed by atoms with Gasteiger partial charge in [0.1, 0.15) is 17.5 Å². The number of anilines is 2. The molecule has 2 heterocycles. The van der Waals surface area contributed by atoms with Gasteiger partial charge in [0, 0.05) is 12.4 Å². The van der Waals surface area contributed by atoms with Crippen LogP contribution in [0.15, 0.2) is 12.4 Å². The Hall–Kier alpha value is -2.57. The number of nitrogens with zero attached hydrogens (tertiary/aromatic N) is 4. The molecule has 0 fully saturated rings. The van der Waals surface area contributed by atoms with Gasteiger partial charge in [0.25, 0.3) is 0 Å². The standard InChI is InChI=1S/C12H15N7/c1-7-4-16-9(5-15-7)6-17-12-10(3-13)11(14)18-8(2)19-12/h3-5,13H,6H2,1-2H3,(H3,14,17,18,19). The Labute approximate surface area is 110 Å². The van der Waals surface area contributed by atoms with Gasteiger partial charge in [0.2, 0.25) is 0 Å². The smallest absolute Gasteiger partial charge is 0.141 e. The molecule has 0 saturated heterocycles. The molecule has 0 radical (unpaired) electrons. The van der Waals surface area contributed by atoms with Gasteiger partial charge in [-0.25, -0.2) is 9.97 Å². The van der Waals surface area contributed by atoms with Crippen LogP contribution in [-0.4, -0.2) is 26.2 Å². The Kier molecular flexibility index (Phi) is 3.65. The van der Waals surface area contributed by atoms with Crippen LogP contribution >= 0.6 is 0 Å². The van der Waals surface area contributed by atoms with Crippen LogP contribution in [0.2, 0.25) is 0 Å². The van der Waals surface area contributed by atoms with Gasteiger partial charge in [0.15, 0.2) is 0 Å². The number of aryl methyl sites for hydroxylation is 2. The topological polar surface area (TPSA) is 113 Å². The van der Waals surface area contributed by atoms with Gasteiger partial charge in [-0.2, -0.15) is 0 Å². The Bertz CT molecular complexity index is 592. The molecule has 98 valence electrons. The molecule has 0 aliphatic carbocycles. The van der Waals surface area contributed by atoms with Crippen molar-refractivity contribution >= 4 is 17.9 Å². The molecule has 0 amide bonds. The van der Waals surface area contributed by atoms with E-state index in [1.807, 2.05) is 6.92 Å². The molecule has 4 N–H and O–H groups in total. The molecule has 0 unspecified atom stereocenters. The maximum atomic E-state index is 7.35. The lowest BCUT2D eigenvalue weighted by Crippen LogP contribution is -2.10. The van der Waals surface area contributed by atoms with Crippen molar-refractivity contribution < 1.29 is 0 Å². The van der Waals surface area contributed by atoms with E-state index in [9.17, 15) is 0 Å². The fraction of sp³-hybridized carbons (Fsp3) is 0.250. The van der Waals surface area contributed by atoms with E-state index in [-0.39, 0.29) is 0 Å². The summed E-state index contributed by atoms with van der Waals surface area (Å²) in [5, 5.41) is 10.5. The molecule has 0 aliphatic heterocycles. The number of rotatable bonds is 4. The summed E-state index contributed by atoms with van der Waals surface area (Å²) in [6.07, 6.45) is 4.54. The zero-order valence-electron chi connectivity index (χ0n) is 10.8. The SMILES string of the molecule is Cc1cnc(CNc2nc(C)nc(N)c2C=N)cn1. The second-order valence-electron chi connectivity index (χ2n) is 4.07. The average molecular weight is 257 g/mol. The van der Waals surface area contributed by atoms with Crippen LogP contribution in [0.3, 0.4) is 0 Å². The summed E-state index contributed by atoms with van der Waals surface area (Å²) >= 11 is 0. The van der Waals surface area contributed by atoms with Gasteiger partial charge < -0.3 is 16.5 Å². The number of aromatic nitrogens is 4. The molecular weight excluding hydrogens is 242 g/mol. The minimum atomic E-state index is 0.292. The second-order valence-corrected chi connectivity index (χ2v) is 4.07. The van der Waals surface area contributed by atoms with Crippen molar-refractivity contribution in [3.63, 3.8) is 0 Å². The van der Waals surface area contributed by atoms with E-state index in [2.05, 4.69) is 25.3 Å². The number of nitrogens with one attached hydrogen (secondary N) is 2. The highest BCUT2D eigenvalue weighted by Crippen LogP contribution is 2.16. The molecule has 0 saturated carbocycles. The lowest BCUT2D eigenvalue weighted by molar-refractivity contribution is 0.963. The largest absolute Gasteiger partial charge is 0.383 e. The van der Waals surface area contributed by atoms with Crippen LogP contribution < -0.4 is 11.1 Å². The van der Waals surface area contributed by atoms with Gasteiger partial charge >= 0.3 is 0 Å². The van der Waals surface area contributed by atoms with Crippen molar-refractivity contribution in [2.24, 2.45) is 0 Å². The molecule has 2 rings (SSSR count). The van der Waals surface area contributed by atoms with Crippen molar-refractivity contribution in [2.75, 3.05) is 11.1 Å². The number of hydrogen-bond acceptors (Lipinski definition) is 7. The monoisotopic (exact) mass is 257 g/mol. The van der Waals surface area contributed by atoms with E-state index in [0.717, 1.165) is 17.6 Å². The van der Waals surface area contributed by atoms with Gasteiger partial charge in [-0.15, -0.1) is 0 Å². The van der Waals surface area contributed by atoms with E-state index in [1.54, 1.807) is 19.3 Å². The third-order valence-electron chi connectivity index (χ3n) is 2.50. The van der Waals surface area contributed by atoms with Crippen LogP contribution in [0.5, 0.6) is 0 Å². The molecule has 19 heavy (non-hydrogen) atoms. The summed E-state index contributed by atoms with van der Waals surface area (Å²) in [6, 6.07) is 0. The van der Waals surface area contributed by atoms with Gasteiger partial charge in [-0.05, 0) is 13.8 Å². The van der Waals surface area contributed by atoms with Crippen LogP contribution in [0.25, 0.3) is 0 Å². The average Bonchev–Trinajstić information content (AvgIpc) is 2.37. The lowest BCUT2D eigenvalue weighted by Gasteiger charge is -2.10. The molecular formula is C12H15N7. The molecule has 7 nitrogen and oxygen atoms in total. The number of hydrogen-bond donors (Lipinski definition) is 3. The minimum Gasteiger partial charge on any atom is -0.383 e. The third kappa shape index (κ3) is 3.01. The van der Waals surface area contributed by atoms with Gasteiger partial charge in [-0.3, -0.25) is 9.97 Å². The molecule has 0 bridgehead atoms. The summed E-state index contributed by atoms with van der Waals surface area (Å²) in [7, 11) is 0. The molecule has 0 aliphatic rings. The van der Waals surface area contributed by atoms with Gasteiger partial charge in [-0.1, -0.05) is 0 Å². The van der Waals surface area contributed by atoms with Crippen molar-refractivity contribution in [1.29, 1.82) is 5.41 Å². The fourth-order valence-electron chi connectivity index (χ4n) is 1.56. The molecule has 7 heteroatoms. The Balaban J connectivity index is 2.19. The van der Waals surface area contributed by atoms with Gasteiger partial charge in [0.05, 0.1) is 29.7 Å². The molecule has 0 atom stereocenters. The first-order chi connectivity index (χ1) is 9.10. The van der Waals surface area contributed by atoms with Crippen LogP contribution in [0.4, 0.5) is 11.6 Å². The Morgan fingerprint density at radius 3 is 2.68 bits per heavy atom. The summed E-state index contributed by atoms with van der Waals surface area (Å²) in [6.45, 7) is 4.09. The highest BCUT2D eigenvalue weighted by molar-refractivity contribution is 5.89. The summed E-state index contributed by atoms with van der Waals surface area (Å²) < 4.78 is 0. The minimum absolute atomic E-state index is 0.292. The summed E-state index contributed by atoms with van der Waals surface area (Å²) in [5.41, 5.74) is 7.88. The maximum Gasteiger partial charge on any atom is 0.141 e. The van der Waals surface area contributed by atoms with E-state index in [4.69, 9.17) is 11.1 Å². The molecule has 2 aromatic rings. The van der Waals surface area contributed by atoms with E-state index in [1.165, 1.54) is 0 Å². The quantitative estimate of drug-likeness (QED) is 0.706. The summed E-state index contributed by atoms with van der Waals surface area (Å²) in [4.78, 5) is 16.7. The normalized spacial score (nSPS) is 10.2. The zero-order chi connectivity index (χ0) is 13.8. The zero-order valence-corrected chi connectivity index (χ0v) is 10.8. The van der Waals surface area contributed by atoms with Crippen LogP contribution in [-0.2, 0) is 6.54 Å². The number of nitrogens with two attached hydrogens (primary N) is 1. The van der Waals surface area contributed by atoms with E-state index in [0.29, 0.717) is 29.6 Å². The highest BCUT2D eigenvalue weighted by Gasteiger charge is 2.08. The third-order valence-corrected chi connectivity index (χ3v) is 2.50. The molecule has 0 aromatic carbocycles. The predicted molar refractivity (Wildman–Crippen MR) is 73.2 cm³/mol. The maximum absolute atomic E-state index is 7.35. The van der Waals surface area contributed by atoms with Crippen LogP contribution in [0.1, 0.15) is 22.8 Å².